The van der Waals surface area contributed by atoms with Crippen LogP contribution < -0.4 is 0 Å². The quantitative estimate of drug-likeness (QED) is 0.799. The zero-order chi connectivity index (χ0) is 19.8. The highest BCUT2D eigenvalue weighted by atomic mass is 35.5. The van der Waals surface area contributed by atoms with E-state index in [1.165, 1.54) is 6.07 Å². The van der Waals surface area contributed by atoms with Crippen LogP contribution in [0.1, 0.15) is 31.4 Å². The lowest BCUT2D eigenvalue weighted by atomic mass is 9.73. The highest BCUT2D eigenvalue weighted by Gasteiger charge is 2.48. The first kappa shape index (κ1) is 20.9. The number of halogens is 4. The smallest absolute Gasteiger partial charge is 0.396 e. The molecule has 3 nitrogen and oxygen atoms in total. The summed E-state index contributed by atoms with van der Waals surface area (Å²) >= 11 is 6.17. The topological polar surface area (TPSA) is 26.7 Å². The predicted molar refractivity (Wildman–Crippen MR) is 101 cm³/mol. The van der Waals surface area contributed by atoms with Crippen LogP contribution >= 0.6 is 11.6 Å². The Labute approximate surface area is 164 Å². The van der Waals surface area contributed by atoms with Gasteiger partial charge in [0.15, 0.2) is 0 Å². The average molecular weight is 405 g/mol. The molecule has 0 saturated carbocycles. The zero-order valence-electron chi connectivity index (χ0n) is 15.9. The third-order valence-electron chi connectivity index (χ3n) is 5.99. The van der Waals surface area contributed by atoms with Crippen molar-refractivity contribution in [1.82, 2.24) is 9.80 Å². The molecule has 2 fully saturated rings. The van der Waals surface area contributed by atoms with Crippen molar-refractivity contribution in [3.8, 4) is 0 Å². The molecule has 0 amide bonds. The van der Waals surface area contributed by atoms with E-state index in [1.807, 2.05) is 0 Å². The molecule has 0 spiro atoms. The van der Waals surface area contributed by atoms with Gasteiger partial charge in [0.05, 0.1) is 12.2 Å². The molecule has 2 aliphatic rings. The molecule has 27 heavy (non-hydrogen) atoms. The summed E-state index contributed by atoms with van der Waals surface area (Å²) in [5.41, 5.74) is -0.322. The Morgan fingerprint density at radius 1 is 1.26 bits per heavy atom. The fraction of sp³-hybridized carbons (Fsp3) is 0.700. The maximum absolute atomic E-state index is 13.0. The molecule has 1 aromatic rings. The Bertz CT molecular complexity index is 667. The first-order valence-corrected chi connectivity index (χ1v) is 9.92. The van der Waals surface area contributed by atoms with E-state index in [9.17, 15) is 18.3 Å². The maximum Gasteiger partial charge on any atom is 0.416 e. The Hall–Kier alpha value is -0.820. The standard InChI is InChI=1S/C20H28ClF3N2O/c1-14(2)8-25-6-5-19(13-27)12-26(11-17(19)10-25)9-15-7-16(20(22,23)24)3-4-18(15)21/h3-4,7,14,17,27H,5-6,8-13H2,1-2H3/t17-,19+/m0/s1. The second-order valence-electron chi connectivity index (χ2n) is 8.59. The SMILES string of the molecule is CC(C)CN1CC[C@]2(CO)CN(Cc3cc(C(F)(F)F)ccc3Cl)C[C@@H]2C1. The molecule has 0 radical (unpaired) electrons. The minimum Gasteiger partial charge on any atom is -0.396 e. The second-order valence-corrected chi connectivity index (χ2v) is 9.00. The van der Waals surface area contributed by atoms with Crippen molar-refractivity contribution in [3.63, 3.8) is 0 Å². The lowest BCUT2D eigenvalue weighted by Gasteiger charge is -2.43. The van der Waals surface area contributed by atoms with E-state index >= 15 is 0 Å². The molecule has 0 aliphatic carbocycles. The van der Waals surface area contributed by atoms with Crippen molar-refractivity contribution in [2.24, 2.45) is 17.3 Å². The minimum atomic E-state index is -4.37. The number of piperidine rings is 1. The number of hydrogen-bond acceptors (Lipinski definition) is 3. The molecule has 2 aliphatic heterocycles. The van der Waals surface area contributed by atoms with E-state index < -0.39 is 11.7 Å². The lowest BCUT2D eigenvalue weighted by Crippen LogP contribution is -2.49. The average Bonchev–Trinajstić information content (AvgIpc) is 2.93. The summed E-state index contributed by atoms with van der Waals surface area (Å²) in [6.07, 6.45) is -3.45. The van der Waals surface area contributed by atoms with Crippen molar-refractivity contribution >= 4 is 11.6 Å². The number of nitrogens with zero attached hydrogens (tertiary/aromatic N) is 2. The van der Waals surface area contributed by atoms with E-state index in [-0.39, 0.29) is 12.0 Å². The van der Waals surface area contributed by atoms with Crippen LogP contribution in [-0.2, 0) is 12.7 Å². The third-order valence-corrected chi connectivity index (χ3v) is 6.36. The summed E-state index contributed by atoms with van der Waals surface area (Å²) in [5, 5.41) is 10.4. The van der Waals surface area contributed by atoms with Crippen LogP contribution in [0.25, 0.3) is 0 Å². The van der Waals surface area contributed by atoms with Gasteiger partial charge in [-0.25, -0.2) is 0 Å². The Kier molecular flexibility index (Phi) is 6.11. The van der Waals surface area contributed by atoms with Crippen LogP contribution in [0.2, 0.25) is 5.02 Å². The normalized spacial score (nSPS) is 27.3. The number of rotatable bonds is 5. The molecule has 152 valence electrons. The van der Waals surface area contributed by atoms with Gasteiger partial charge in [0.1, 0.15) is 0 Å². The summed E-state index contributed by atoms with van der Waals surface area (Å²) in [6.45, 7) is 9.33. The van der Waals surface area contributed by atoms with Gasteiger partial charge in [0.2, 0.25) is 0 Å². The fourth-order valence-corrected chi connectivity index (χ4v) is 4.81. The Morgan fingerprint density at radius 3 is 2.59 bits per heavy atom. The van der Waals surface area contributed by atoms with Crippen LogP contribution in [0.15, 0.2) is 18.2 Å². The van der Waals surface area contributed by atoms with E-state index in [0.29, 0.717) is 35.5 Å². The van der Waals surface area contributed by atoms with E-state index in [2.05, 4.69) is 23.6 Å². The van der Waals surface area contributed by atoms with Crippen LogP contribution in [0.5, 0.6) is 0 Å². The van der Waals surface area contributed by atoms with Crippen molar-refractivity contribution in [2.75, 3.05) is 39.3 Å². The van der Waals surface area contributed by atoms with Crippen LogP contribution in [0.3, 0.4) is 0 Å². The highest BCUT2D eigenvalue weighted by molar-refractivity contribution is 6.31. The van der Waals surface area contributed by atoms with Crippen LogP contribution in [-0.4, -0.2) is 54.2 Å². The summed E-state index contributed by atoms with van der Waals surface area (Å²) in [6, 6.07) is 3.50. The predicted octanol–water partition coefficient (Wildman–Crippen LogP) is 4.13. The number of benzene rings is 1. The van der Waals surface area contributed by atoms with Crippen LogP contribution in [0, 0.1) is 17.3 Å². The lowest BCUT2D eigenvalue weighted by molar-refractivity contribution is -0.137. The minimum absolute atomic E-state index is 0.125. The number of fused-ring (bicyclic) bond motifs is 1. The van der Waals surface area contributed by atoms with Crippen molar-refractivity contribution < 1.29 is 18.3 Å². The zero-order valence-corrected chi connectivity index (χ0v) is 16.7. The van der Waals surface area contributed by atoms with E-state index in [4.69, 9.17) is 11.6 Å². The summed E-state index contributed by atoms with van der Waals surface area (Å²) in [4.78, 5) is 4.60. The largest absolute Gasteiger partial charge is 0.416 e. The molecular formula is C20H28ClF3N2O. The van der Waals surface area contributed by atoms with Gasteiger partial charge in [-0.3, -0.25) is 4.90 Å². The summed E-state index contributed by atoms with van der Waals surface area (Å²) in [7, 11) is 0. The molecule has 1 N–H and O–H groups in total. The van der Waals surface area contributed by atoms with Gasteiger partial charge in [0, 0.05) is 43.2 Å². The first-order valence-electron chi connectivity index (χ1n) is 9.54. The molecule has 7 heteroatoms. The Morgan fingerprint density at radius 2 is 1.96 bits per heavy atom. The summed E-state index contributed by atoms with van der Waals surface area (Å²) < 4.78 is 39.1. The maximum atomic E-state index is 13.0. The number of hydrogen-bond donors (Lipinski definition) is 1. The van der Waals surface area contributed by atoms with Gasteiger partial charge in [-0.1, -0.05) is 25.4 Å². The molecule has 2 heterocycles. The molecule has 0 bridgehead atoms. The van der Waals surface area contributed by atoms with E-state index in [0.717, 1.165) is 44.7 Å². The fourth-order valence-electron chi connectivity index (χ4n) is 4.64. The Balaban J connectivity index is 1.73. The molecule has 1 aromatic carbocycles. The van der Waals surface area contributed by atoms with Gasteiger partial charge in [0.25, 0.3) is 0 Å². The summed E-state index contributed by atoms with van der Waals surface area (Å²) in [5.74, 6) is 0.924. The third kappa shape index (κ3) is 4.61. The highest BCUT2D eigenvalue weighted by Crippen LogP contribution is 2.43. The van der Waals surface area contributed by atoms with Crippen molar-refractivity contribution in [1.29, 1.82) is 0 Å². The second kappa shape index (κ2) is 7.90. The number of aliphatic hydroxyl groups excluding tert-OH is 1. The molecule has 2 saturated heterocycles. The van der Waals surface area contributed by atoms with Crippen molar-refractivity contribution in [3.05, 3.63) is 34.3 Å². The molecule has 0 aromatic heterocycles. The van der Waals surface area contributed by atoms with Gasteiger partial charge < -0.3 is 10.0 Å². The molecule has 2 atom stereocenters. The van der Waals surface area contributed by atoms with Gasteiger partial charge in [-0.05, 0) is 48.6 Å². The van der Waals surface area contributed by atoms with Crippen LogP contribution in [0.4, 0.5) is 13.2 Å². The van der Waals surface area contributed by atoms with Gasteiger partial charge >= 0.3 is 6.18 Å². The first-order chi connectivity index (χ1) is 12.6. The van der Waals surface area contributed by atoms with E-state index in [1.54, 1.807) is 0 Å². The molecule has 3 rings (SSSR count). The number of aliphatic hydroxyl groups is 1. The van der Waals surface area contributed by atoms with Crippen molar-refractivity contribution in [2.45, 2.75) is 33.0 Å². The molecule has 0 unspecified atom stereocenters. The molecular weight excluding hydrogens is 377 g/mol. The van der Waals surface area contributed by atoms with Gasteiger partial charge in [-0.2, -0.15) is 13.2 Å². The number of alkyl halides is 3. The monoisotopic (exact) mass is 404 g/mol. The number of likely N-dealkylation sites (tertiary alicyclic amines) is 2. The van der Waals surface area contributed by atoms with Gasteiger partial charge in [-0.15, -0.1) is 0 Å².